The topological polar surface area (TPSA) is 61.4 Å². The van der Waals surface area contributed by atoms with Gasteiger partial charge in [-0.1, -0.05) is 18.2 Å². The zero-order valence-electron chi connectivity index (χ0n) is 14.1. The molecule has 0 unspecified atom stereocenters. The van der Waals surface area contributed by atoms with E-state index in [0.717, 1.165) is 11.4 Å². The van der Waals surface area contributed by atoms with E-state index in [1.54, 1.807) is 29.2 Å². The number of nitrogens with one attached hydrogen (secondary N) is 2. The Morgan fingerprint density at radius 2 is 1.88 bits per heavy atom. The Hall–Kier alpha value is -2.82. The van der Waals surface area contributed by atoms with Crippen molar-refractivity contribution in [2.75, 3.05) is 22.1 Å². The fourth-order valence-corrected chi connectivity index (χ4v) is 2.97. The molecule has 0 aliphatic carbocycles. The van der Waals surface area contributed by atoms with E-state index in [1.807, 2.05) is 24.3 Å². The number of carbonyl (C=O) groups is 2. The van der Waals surface area contributed by atoms with Crippen molar-refractivity contribution in [1.29, 1.82) is 0 Å². The lowest BCUT2D eigenvalue weighted by Crippen LogP contribution is -2.50. The molecule has 1 aliphatic rings. The lowest BCUT2D eigenvalue weighted by molar-refractivity contribution is -0.114. The number of amides is 2. The highest BCUT2D eigenvalue weighted by Gasteiger charge is 2.33. The molecule has 0 radical (unpaired) electrons. The summed E-state index contributed by atoms with van der Waals surface area (Å²) in [6.45, 7) is 6.14. The van der Waals surface area contributed by atoms with Crippen LogP contribution >= 0.6 is 0 Å². The van der Waals surface area contributed by atoms with E-state index in [1.165, 1.54) is 6.92 Å². The maximum atomic E-state index is 13.1. The number of hydrogen-bond acceptors (Lipinski definition) is 3. The van der Waals surface area contributed by atoms with Crippen LogP contribution < -0.4 is 15.5 Å². The van der Waals surface area contributed by atoms with E-state index >= 15 is 0 Å². The van der Waals surface area contributed by atoms with E-state index in [0.29, 0.717) is 17.8 Å². The molecule has 0 saturated heterocycles. The standard InChI is InChI=1S/C19H21N3O2/c1-13(23)20-15-8-6-7-14(11-15)18(24)22-12-19(2,3)21-16-9-4-5-10-17(16)22/h4-11,21H,12H2,1-3H3,(H,20,23). The zero-order chi connectivity index (χ0) is 17.3. The van der Waals surface area contributed by atoms with Gasteiger partial charge in [0.05, 0.1) is 11.4 Å². The van der Waals surface area contributed by atoms with Gasteiger partial charge in [-0.05, 0) is 44.2 Å². The van der Waals surface area contributed by atoms with Crippen molar-refractivity contribution < 1.29 is 9.59 Å². The lowest BCUT2D eigenvalue weighted by atomic mass is 9.98. The van der Waals surface area contributed by atoms with Crippen LogP contribution in [0.15, 0.2) is 48.5 Å². The van der Waals surface area contributed by atoms with Crippen LogP contribution in [0, 0.1) is 0 Å². The van der Waals surface area contributed by atoms with Gasteiger partial charge in [0.2, 0.25) is 5.91 Å². The molecule has 0 atom stereocenters. The van der Waals surface area contributed by atoms with Crippen LogP contribution in [0.2, 0.25) is 0 Å². The van der Waals surface area contributed by atoms with Gasteiger partial charge in [0.15, 0.2) is 0 Å². The van der Waals surface area contributed by atoms with E-state index in [9.17, 15) is 9.59 Å². The van der Waals surface area contributed by atoms with Crippen molar-refractivity contribution in [1.82, 2.24) is 0 Å². The van der Waals surface area contributed by atoms with Crippen LogP contribution in [0.25, 0.3) is 0 Å². The summed E-state index contributed by atoms with van der Waals surface area (Å²) in [5, 5.41) is 6.18. The van der Waals surface area contributed by atoms with Gasteiger partial charge < -0.3 is 15.5 Å². The molecule has 24 heavy (non-hydrogen) atoms. The summed E-state index contributed by atoms with van der Waals surface area (Å²) >= 11 is 0. The molecule has 0 bridgehead atoms. The molecular weight excluding hydrogens is 302 g/mol. The number of benzene rings is 2. The Balaban J connectivity index is 1.96. The van der Waals surface area contributed by atoms with E-state index < -0.39 is 0 Å². The van der Waals surface area contributed by atoms with Gasteiger partial charge in [-0.3, -0.25) is 9.59 Å². The molecule has 0 aromatic heterocycles. The average Bonchev–Trinajstić information content (AvgIpc) is 2.52. The largest absolute Gasteiger partial charge is 0.377 e. The first-order valence-corrected chi connectivity index (χ1v) is 7.92. The Labute approximate surface area is 141 Å². The number of hydrogen-bond donors (Lipinski definition) is 2. The molecule has 5 nitrogen and oxygen atoms in total. The van der Waals surface area contributed by atoms with Gasteiger partial charge in [-0.25, -0.2) is 0 Å². The van der Waals surface area contributed by atoms with Gasteiger partial charge in [-0.15, -0.1) is 0 Å². The quantitative estimate of drug-likeness (QED) is 0.889. The fraction of sp³-hybridized carbons (Fsp3) is 0.263. The second-order valence-electron chi connectivity index (χ2n) is 6.68. The smallest absolute Gasteiger partial charge is 0.258 e. The molecule has 2 amide bonds. The molecule has 124 valence electrons. The first-order chi connectivity index (χ1) is 11.4. The minimum Gasteiger partial charge on any atom is -0.377 e. The van der Waals surface area contributed by atoms with Crippen LogP contribution in [0.1, 0.15) is 31.1 Å². The molecule has 0 fully saturated rings. The molecule has 0 spiro atoms. The van der Waals surface area contributed by atoms with Gasteiger partial charge >= 0.3 is 0 Å². The van der Waals surface area contributed by atoms with Crippen molar-refractivity contribution in [3.05, 3.63) is 54.1 Å². The summed E-state index contributed by atoms with van der Waals surface area (Å²) in [6, 6.07) is 14.8. The Morgan fingerprint density at radius 1 is 1.12 bits per heavy atom. The summed E-state index contributed by atoms with van der Waals surface area (Å²) in [4.78, 5) is 26.1. The third-order valence-corrected chi connectivity index (χ3v) is 3.90. The normalized spacial score (nSPS) is 15.2. The first-order valence-electron chi connectivity index (χ1n) is 7.92. The number of fused-ring (bicyclic) bond motifs is 1. The number of anilines is 3. The molecule has 2 aromatic rings. The van der Waals surface area contributed by atoms with Gasteiger partial charge in [-0.2, -0.15) is 0 Å². The first kappa shape index (κ1) is 16.1. The summed E-state index contributed by atoms with van der Waals surface area (Å²) in [5.74, 6) is -0.238. The average molecular weight is 323 g/mol. The number of para-hydroxylation sites is 2. The minimum absolute atomic E-state index is 0.0794. The van der Waals surface area contributed by atoms with Crippen LogP contribution in [-0.2, 0) is 4.79 Å². The Bertz CT molecular complexity index is 799. The predicted octanol–water partition coefficient (Wildman–Crippen LogP) is 3.50. The van der Waals surface area contributed by atoms with Crippen LogP contribution in [-0.4, -0.2) is 23.9 Å². The number of nitrogens with zero attached hydrogens (tertiary/aromatic N) is 1. The van der Waals surface area contributed by atoms with Crippen molar-refractivity contribution in [3.63, 3.8) is 0 Å². The lowest BCUT2D eigenvalue weighted by Gasteiger charge is -2.41. The maximum Gasteiger partial charge on any atom is 0.258 e. The molecule has 0 saturated carbocycles. The Morgan fingerprint density at radius 3 is 2.62 bits per heavy atom. The second kappa shape index (κ2) is 6.00. The highest BCUT2D eigenvalue weighted by molar-refractivity contribution is 6.09. The Kier molecular flexibility index (Phi) is 4.01. The van der Waals surface area contributed by atoms with E-state index in [2.05, 4.69) is 24.5 Å². The third-order valence-electron chi connectivity index (χ3n) is 3.90. The highest BCUT2D eigenvalue weighted by atomic mass is 16.2. The van der Waals surface area contributed by atoms with Gasteiger partial charge in [0.1, 0.15) is 0 Å². The van der Waals surface area contributed by atoms with Crippen molar-refractivity contribution in [3.8, 4) is 0 Å². The molecular formula is C19H21N3O2. The highest BCUT2D eigenvalue weighted by Crippen LogP contribution is 2.35. The summed E-state index contributed by atoms with van der Waals surface area (Å²) in [5.41, 5.74) is 2.76. The molecule has 5 heteroatoms. The summed E-state index contributed by atoms with van der Waals surface area (Å²) < 4.78 is 0. The summed E-state index contributed by atoms with van der Waals surface area (Å²) in [6.07, 6.45) is 0. The van der Waals surface area contributed by atoms with Crippen molar-refractivity contribution in [2.24, 2.45) is 0 Å². The van der Waals surface area contributed by atoms with Crippen LogP contribution in [0.3, 0.4) is 0 Å². The number of carbonyl (C=O) groups excluding carboxylic acids is 2. The van der Waals surface area contributed by atoms with Crippen molar-refractivity contribution in [2.45, 2.75) is 26.3 Å². The predicted molar refractivity (Wildman–Crippen MR) is 96.6 cm³/mol. The van der Waals surface area contributed by atoms with Gasteiger partial charge in [0, 0.05) is 30.3 Å². The number of rotatable bonds is 2. The second-order valence-corrected chi connectivity index (χ2v) is 6.68. The maximum absolute atomic E-state index is 13.1. The zero-order valence-corrected chi connectivity index (χ0v) is 14.1. The molecule has 1 aliphatic heterocycles. The van der Waals surface area contributed by atoms with E-state index in [4.69, 9.17) is 0 Å². The molecule has 3 rings (SSSR count). The van der Waals surface area contributed by atoms with Gasteiger partial charge in [0.25, 0.3) is 5.91 Å². The van der Waals surface area contributed by atoms with E-state index in [-0.39, 0.29) is 17.4 Å². The summed E-state index contributed by atoms with van der Waals surface area (Å²) in [7, 11) is 0. The monoisotopic (exact) mass is 323 g/mol. The third kappa shape index (κ3) is 3.25. The van der Waals surface area contributed by atoms with Crippen molar-refractivity contribution >= 4 is 28.9 Å². The molecule has 1 heterocycles. The molecule has 2 N–H and O–H groups in total. The SMILES string of the molecule is CC(=O)Nc1cccc(C(=O)N2CC(C)(C)Nc3ccccc32)c1. The van der Waals surface area contributed by atoms with Crippen LogP contribution in [0.5, 0.6) is 0 Å². The molecule has 2 aromatic carbocycles. The van der Waals surface area contributed by atoms with Crippen LogP contribution in [0.4, 0.5) is 17.1 Å². The minimum atomic E-state index is -0.223. The fourth-order valence-electron chi connectivity index (χ4n) is 2.97.